The predicted molar refractivity (Wildman–Crippen MR) is 120 cm³/mol. The third-order valence-electron chi connectivity index (χ3n) is 4.64. The molecule has 4 nitrogen and oxygen atoms in total. The Balaban J connectivity index is 1.21. The van der Waals surface area contributed by atoms with Crippen molar-refractivity contribution in [2.24, 2.45) is 0 Å². The minimum Gasteiger partial charge on any atom is -0.484 e. The van der Waals surface area contributed by atoms with E-state index in [2.05, 4.69) is 17.2 Å². The molecular weight excluding hydrogens is 374 g/mol. The molecule has 4 rings (SSSR count). The van der Waals surface area contributed by atoms with E-state index >= 15 is 0 Å². The van der Waals surface area contributed by atoms with Crippen molar-refractivity contribution in [3.05, 3.63) is 84.9 Å². The van der Waals surface area contributed by atoms with E-state index in [-0.39, 0.29) is 25.7 Å². The van der Waals surface area contributed by atoms with E-state index in [4.69, 9.17) is 9.47 Å². The summed E-state index contributed by atoms with van der Waals surface area (Å²) in [5.74, 6) is 7.07. The normalized spacial score (nSPS) is 10.3. The molecule has 4 heteroatoms. The first-order chi connectivity index (χ1) is 14.8. The summed E-state index contributed by atoms with van der Waals surface area (Å²) in [6.45, 7) is 0.461. The van der Waals surface area contributed by atoms with Crippen molar-refractivity contribution in [3.8, 4) is 23.3 Å². The van der Waals surface area contributed by atoms with Crippen LogP contribution >= 0.6 is 0 Å². The summed E-state index contributed by atoms with van der Waals surface area (Å²) in [6, 6.07) is 27.8. The number of benzene rings is 4. The lowest BCUT2D eigenvalue weighted by Crippen LogP contribution is -2.29. The SMILES string of the molecule is O=C(COc1ccc2ccccc2c1)NCC#CCOc1cccc2ccccc12. The third kappa shape index (κ3) is 4.89. The van der Waals surface area contributed by atoms with Gasteiger partial charge in [0.1, 0.15) is 18.1 Å². The van der Waals surface area contributed by atoms with Crippen LogP contribution in [0, 0.1) is 11.8 Å². The summed E-state index contributed by atoms with van der Waals surface area (Å²) >= 11 is 0. The Labute approximate surface area is 175 Å². The molecule has 0 aliphatic rings. The number of rotatable bonds is 6. The van der Waals surface area contributed by atoms with Crippen molar-refractivity contribution < 1.29 is 14.3 Å². The van der Waals surface area contributed by atoms with Crippen molar-refractivity contribution in [1.82, 2.24) is 5.32 Å². The zero-order chi connectivity index (χ0) is 20.6. The van der Waals surface area contributed by atoms with Gasteiger partial charge in [-0.2, -0.15) is 0 Å². The van der Waals surface area contributed by atoms with Crippen molar-refractivity contribution in [2.45, 2.75) is 0 Å². The highest BCUT2D eigenvalue weighted by atomic mass is 16.5. The molecular formula is C26H21NO3. The fourth-order valence-electron chi connectivity index (χ4n) is 3.15. The van der Waals surface area contributed by atoms with Crippen LogP contribution in [-0.2, 0) is 4.79 Å². The second-order valence-electron chi connectivity index (χ2n) is 6.69. The lowest BCUT2D eigenvalue weighted by atomic mass is 10.1. The van der Waals surface area contributed by atoms with Crippen LogP contribution in [0.25, 0.3) is 21.5 Å². The highest BCUT2D eigenvalue weighted by Crippen LogP contribution is 2.24. The Kier molecular flexibility index (Phi) is 6.12. The smallest absolute Gasteiger partial charge is 0.258 e. The lowest BCUT2D eigenvalue weighted by Gasteiger charge is -2.07. The topological polar surface area (TPSA) is 47.6 Å². The van der Waals surface area contributed by atoms with Gasteiger partial charge in [-0.25, -0.2) is 0 Å². The number of carbonyl (C=O) groups is 1. The number of amides is 1. The molecule has 0 saturated carbocycles. The Bertz CT molecular complexity index is 1230. The van der Waals surface area contributed by atoms with Gasteiger partial charge in [-0.05, 0) is 34.4 Å². The molecule has 0 radical (unpaired) electrons. The molecule has 4 aromatic carbocycles. The molecule has 0 aliphatic heterocycles. The van der Waals surface area contributed by atoms with E-state index in [0.717, 1.165) is 27.3 Å². The van der Waals surface area contributed by atoms with Crippen LogP contribution in [0.5, 0.6) is 11.5 Å². The maximum absolute atomic E-state index is 11.9. The van der Waals surface area contributed by atoms with E-state index in [1.807, 2.05) is 84.9 Å². The van der Waals surface area contributed by atoms with Gasteiger partial charge in [0.25, 0.3) is 5.91 Å². The molecule has 148 valence electrons. The molecule has 1 amide bonds. The van der Waals surface area contributed by atoms with E-state index in [0.29, 0.717) is 5.75 Å². The number of nitrogens with one attached hydrogen (secondary N) is 1. The predicted octanol–water partition coefficient (Wildman–Crippen LogP) is 4.57. The van der Waals surface area contributed by atoms with Gasteiger partial charge in [0, 0.05) is 5.39 Å². The molecule has 0 atom stereocenters. The highest BCUT2D eigenvalue weighted by molar-refractivity contribution is 5.88. The number of hydrogen-bond acceptors (Lipinski definition) is 3. The molecule has 0 aromatic heterocycles. The molecule has 0 fully saturated rings. The van der Waals surface area contributed by atoms with Crippen molar-refractivity contribution in [3.63, 3.8) is 0 Å². The first-order valence-electron chi connectivity index (χ1n) is 9.74. The summed E-state index contributed by atoms with van der Waals surface area (Å²) in [5, 5.41) is 7.12. The highest BCUT2D eigenvalue weighted by Gasteiger charge is 2.03. The zero-order valence-electron chi connectivity index (χ0n) is 16.4. The van der Waals surface area contributed by atoms with E-state index in [1.165, 1.54) is 0 Å². The van der Waals surface area contributed by atoms with Gasteiger partial charge in [-0.15, -0.1) is 0 Å². The standard InChI is InChI=1S/C26H21NO3/c28-26(19-30-23-15-14-20-8-1-2-10-22(20)18-23)27-16-5-6-17-29-25-13-7-11-21-9-3-4-12-24(21)25/h1-4,7-15,18H,16-17,19H2,(H,27,28). The van der Waals surface area contributed by atoms with E-state index < -0.39 is 0 Å². The summed E-state index contributed by atoms with van der Waals surface area (Å²) < 4.78 is 11.3. The second kappa shape index (κ2) is 9.49. The molecule has 0 spiro atoms. The van der Waals surface area contributed by atoms with Gasteiger partial charge in [-0.3, -0.25) is 4.79 Å². The molecule has 4 aromatic rings. The van der Waals surface area contributed by atoms with Gasteiger partial charge in [0.2, 0.25) is 0 Å². The van der Waals surface area contributed by atoms with Crippen LogP contribution < -0.4 is 14.8 Å². The first-order valence-corrected chi connectivity index (χ1v) is 9.74. The molecule has 1 N–H and O–H groups in total. The van der Waals surface area contributed by atoms with Gasteiger partial charge in [-0.1, -0.05) is 78.6 Å². The fraction of sp³-hybridized carbons (Fsp3) is 0.115. The molecule has 0 unspecified atom stereocenters. The molecule has 30 heavy (non-hydrogen) atoms. The average Bonchev–Trinajstić information content (AvgIpc) is 2.80. The fourth-order valence-corrected chi connectivity index (χ4v) is 3.15. The van der Waals surface area contributed by atoms with E-state index in [9.17, 15) is 4.79 Å². The first kappa shape index (κ1) is 19.4. The number of hydrogen-bond donors (Lipinski definition) is 1. The number of fused-ring (bicyclic) bond motifs is 2. The maximum Gasteiger partial charge on any atom is 0.258 e. The minimum absolute atomic E-state index is 0.0491. The number of carbonyl (C=O) groups excluding carboxylic acids is 1. The van der Waals surface area contributed by atoms with Crippen molar-refractivity contribution >= 4 is 27.5 Å². The average molecular weight is 395 g/mol. The number of ether oxygens (including phenoxy) is 2. The van der Waals surface area contributed by atoms with Crippen molar-refractivity contribution in [1.29, 1.82) is 0 Å². The second-order valence-corrected chi connectivity index (χ2v) is 6.69. The maximum atomic E-state index is 11.9. The monoisotopic (exact) mass is 395 g/mol. The molecule has 0 heterocycles. The van der Waals surface area contributed by atoms with Gasteiger partial charge in [0.05, 0.1) is 6.54 Å². The van der Waals surface area contributed by atoms with Crippen LogP contribution in [0.2, 0.25) is 0 Å². The third-order valence-corrected chi connectivity index (χ3v) is 4.64. The Morgan fingerprint density at radius 2 is 1.53 bits per heavy atom. The van der Waals surface area contributed by atoms with Gasteiger partial charge < -0.3 is 14.8 Å². The van der Waals surface area contributed by atoms with Crippen LogP contribution in [0.4, 0.5) is 0 Å². The van der Waals surface area contributed by atoms with Crippen molar-refractivity contribution in [2.75, 3.05) is 19.8 Å². The molecule has 0 bridgehead atoms. The van der Waals surface area contributed by atoms with Gasteiger partial charge in [0.15, 0.2) is 6.61 Å². The van der Waals surface area contributed by atoms with Crippen LogP contribution in [0.1, 0.15) is 0 Å². The van der Waals surface area contributed by atoms with E-state index in [1.54, 1.807) is 0 Å². The lowest BCUT2D eigenvalue weighted by molar-refractivity contribution is -0.122. The quantitative estimate of drug-likeness (QED) is 0.487. The van der Waals surface area contributed by atoms with Gasteiger partial charge >= 0.3 is 0 Å². The summed E-state index contributed by atoms with van der Waals surface area (Å²) in [4.78, 5) is 11.9. The zero-order valence-corrected chi connectivity index (χ0v) is 16.4. The largest absolute Gasteiger partial charge is 0.484 e. The molecule has 0 aliphatic carbocycles. The summed E-state index contributed by atoms with van der Waals surface area (Å²) in [7, 11) is 0. The van der Waals surface area contributed by atoms with Crippen LogP contribution in [0.3, 0.4) is 0 Å². The summed E-state index contributed by atoms with van der Waals surface area (Å²) in [5.41, 5.74) is 0. The Morgan fingerprint density at radius 1 is 0.767 bits per heavy atom. The molecule has 0 saturated heterocycles. The van der Waals surface area contributed by atoms with Crippen LogP contribution in [-0.4, -0.2) is 25.7 Å². The Hall–Kier alpha value is -3.97. The van der Waals surface area contributed by atoms with Crippen LogP contribution in [0.15, 0.2) is 84.9 Å². The Morgan fingerprint density at radius 3 is 2.43 bits per heavy atom. The minimum atomic E-state index is -0.215. The summed E-state index contributed by atoms with van der Waals surface area (Å²) in [6.07, 6.45) is 0.